The van der Waals surface area contributed by atoms with Crippen molar-refractivity contribution in [3.8, 4) is 0 Å². The number of pyridine rings is 1. The van der Waals surface area contributed by atoms with Crippen LogP contribution >= 0.6 is 15.9 Å². The Bertz CT molecular complexity index is 548. The maximum absolute atomic E-state index is 4.37. The van der Waals surface area contributed by atoms with E-state index in [1.165, 1.54) is 16.8 Å². The molecule has 4 nitrogen and oxygen atoms in total. The molecule has 0 saturated carbocycles. The molecule has 0 fully saturated rings. The van der Waals surface area contributed by atoms with Crippen molar-refractivity contribution in [1.29, 1.82) is 0 Å². The Morgan fingerprint density at radius 3 is 2.72 bits per heavy atom. The van der Waals surface area contributed by atoms with Crippen LogP contribution in [0.1, 0.15) is 22.5 Å². The van der Waals surface area contributed by atoms with Gasteiger partial charge in [-0.2, -0.15) is 5.10 Å². The molecule has 0 aliphatic rings. The van der Waals surface area contributed by atoms with Crippen molar-refractivity contribution in [2.45, 2.75) is 26.9 Å². The molecule has 0 amide bonds. The first kappa shape index (κ1) is 13.2. The van der Waals surface area contributed by atoms with E-state index in [1.54, 1.807) is 0 Å². The van der Waals surface area contributed by atoms with Gasteiger partial charge < -0.3 is 5.32 Å². The fourth-order valence-corrected chi connectivity index (χ4v) is 2.36. The zero-order valence-corrected chi connectivity index (χ0v) is 12.5. The number of hydrogen-bond acceptors (Lipinski definition) is 3. The van der Waals surface area contributed by atoms with Gasteiger partial charge in [0.25, 0.3) is 0 Å². The lowest BCUT2D eigenvalue weighted by Crippen LogP contribution is -2.16. The standard InChI is InChI=1S/C13H17BrN4/c1-9-6-15-5-4-11(9)7-16-8-12-13(14)10(2)17-18(12)3/h4-6,16H,7-8H2,1-3H3. The molecule has 5 heteroatoms. The molecular formula is C13H17BrN4. The van der Waals surface area contributed by atoms with Crippen LogP contribution in [0.3, 0.4) is 0 Å². The zero-order chi connectivity index (χ0) is 13.1. The van der Waals surface area contributed by atoms with Crippen LogP contribution < -0.4 is 5.32 Å². The molecule has 2 aromatic heterocycles. The Hall–Kier alpha value is -1.20. The molecule has 0 spiro atoms. The summed E-state index contributed by atoms with van der Waals surface area (Å²) in [5.41, 5.74) is 4.68. The summed E-state index contributed by atoms with van der Waals surface area (Å²) >= 11 is 3.57. The highest BCUT2D eigenvalue weighted by atomic mass is 79.9. The van der Waals surface area contributed by atoms with Crippen LogP contribution in [0.25, 0.3) is 0 Å². The van der Waals surface area contributed by atoms with Crippen LogP contribution in [-0.2, 0) is 20.1 Å². The van der Waals surface area contributed by atoms with Gasteiger partial charge in [0.1, 0.15) is 0 Å². The highest BCUT2D eigenvalue weighted by Crippen LogP contribution is 2.19. The molecule has 1 N–H and O–H groups in total. The fourth-order valence-electron chi connectivity index (χ4n) is 1.89. The Balaban J connectivity index is 1.99. The third kappa shape index (κ3) is 2.79. The van der Waals surface area contributed by atoms with Gasteiger partial charge in [-0.15, -0.1) is 0 Å². The average Bonchev–Trinajstić information content (AvgIpc) is 2.58. The van der Waals surface area contributed by atoms with Gasteiger partial charge in [-0.1, -0.05) is 0 Å². The minimum Gasteiger partial charge on any atom is -0.307 e. The summed E-state index contributed by atoms with van der Waals surface area (Å²) in [6, 6.07) is 2.05. The topological polar surface area (TPSA) is 42.7 Å². The number of nitrogens with zero attached hydrogens (tertiary/aromatic N) is 3. The molecule has 18 heavy (non-hydrogen) atoms. The van der Waals surface area contributed by atoms with Gasteiger partial charge in [0.05, 0.1) is 15.9 Å². The van der Waals surface area contributed by atoms with E-state index in [9.17, 15) is 0 Å². The second-order valence-electron chi connectivity index (χ2n) is 4.38. The maximum Gasteiger partial charge on any atom is 0.0739 e. The molecular weight excluding hydrogens is 292 g/mol. The quantitative estimate of drug-likeness (QED) is 0.943. The van der Waals surface area contributed by atoms with Crippen molar-refractivity contribution < 1.29 is 0 Å². The molecule has 96 valence electrons. The lowest BCUT2D eigenvalue weighted by atomic mass is 10.1. The second kappa shape index (κ2) is 5.63. The molecule has 0 unspecified atom stereocenters. The molecule has 0 radical (unpaired) electrons. The molecule has 2 heterocycles. The highest BCUT2D eigenvalue weighted by molar-refractivity contribution is 9.10. The summed E-state index contributed by atoms with van der Waals surface area (Å²) in [4.78, 5) is 4.09. The van der Waals surface area contributed by atoms with Gasteiger partial charge in [-0.25, -0.2) is 0 Å². The molecule has 0 aliphatic carbocycles. The summed E-state index contributed by atoms with van der Waals surface area (Å²) in [6.07, 6.45) is 3.72. The Morgan fingerprint density at radius 2 is 2.11 bits per heavy atom. The van der Waals surface area contributed by atoms with Crippen molar-refractivity contribution in [2.75, 3.05) is 0 Å². The van der Waals surface area contributed by atoms with Crippen molar-refractivity contribution in [1.82, 2.24) is 20.1 Å². The summed E-state index contributed by atoms with van der Waals surface area (Å²) < 4.78 is 3.00. The molecule has 0 atom stereocenters. The van der Waals surface area contributed by atoms with Gasteiger partial charge in [0.2, 0.25) is 0 Å². The van der Waals surface area contributed by atoms with Gasteiger partial charge in [0, 0.05) is 32.5 Å². The van der Waals surface area contributed by atoms with Crippen LogP contribution in [0.4, 0.5) is 0 Å². The van der Waals surface area contributed by atoms with E-state index >= 15 is 0 Å². The third-order valence-electron chi connectivity index (χ3n) is 3.01. The maximum atomic E-state index is 4.37. The molecule has 2 aromatic rings. The van der Waals surface area contributed by atoms with Gasteiger partial charge in [0.15, 0.2) is 0 Å². The van der Waals surface area contributed by atoms with Crippen LogP contribution in [0, 0.1) is 13.8 Å². The van der Waals surface area contributed by atoms with Crippen molar-refractivity contribution >= 4 is 15.9 Å². The largest absolute Gasteiger partial charge is 0.307 e. The van der Waals surface area contributed by atoms with E-state index in [-0.39, 0.29) is 0 Å². The summed E-state index contributed by atoms with van der Waals surface area (Å²) in [5, 5.41) is 7.81. The molecule has 0 aromatic carbocycles. The van der Waals surface area contributed by atoms with E-state index < -0.39 is 0 Å². The van der Waals surface area contributed by atoms with Gasteiger partial charge >= 0.3 is 0 Å². The first-order valence-electron chi connectivity index (χ1n) is 5.87. The molecule has 0 bridgehead atoms. The predicted octanol–water partition coefficient (Wildman–Crippen LogP) is 2.48. The first-order valence-corrected chi connectivity index (χ1v) is 6.67. The molecule has 2 rings (SSSR count). The number of rotatable bonds is 4. The number of aromatic nitrogens is 3. The minimum absolute atomic E-state index is 0.791. The van der Waals surface area contributed by atoms with Crippen LogP contribution in [0.2, 0.25) is 0 Å². The van der Waals surface area contributed by atoms with E-state index in [2.05, 4.69) is 38.3 Å². The highest BCUT2D eigenvalue weighted by Gasteiger charge is 2.09. The van der Waals surface area contributed by atoms with Gasteiger partial charge in [-0.05, 0) is 47.0 Å². The summed E-state index contributed by atoms with van der Waals surface area (Å²) in [6.45, 7) is 5.71. The lowest BCUT2D eigenvalue weighted by Gasteiger charge is -2.08. The number of hydrogen-bond donors (Lipinski definition) is 1. The van der Waals surface area contributed by atoms with Crippen LogP contribution in [0.15, 0.2) is 22.9 Å². The fraction of sp³-hybridized carbons (Fsp3) is 0.385. The normalized spacial score (nSPS) is 10.9. The Kier molecular flexibility index (Phi) is 4.14. The van der Waals surface area contributed by atoms with Crippen LogP contribution in [-0.4, -0.2) is 14.8 Å². The molecule has 0 saturated heterocycles. The Labute approximate surface area is 116 Å². The Morgan fingerprint density at radius 1 is 1.33 bits per heavy atom. The van der Waals surface area contributed by atoms with E-state index in [0.717, 1.165) is 23.3 Å². The zero-order valence-electron chi connectivity index (χ0n) is 10.9. The smallest absolute Gasteiger partial charge is 0.0739 e. The van der Waals surface area contributed by atoms with E-state index in [0.29, 0.717) is 0 Å². The van der Waals surface area contributed by atoms with Crippen molar-refractivity contribution in [3.05, 3.63) is 45.4 Å². The van der Waals surface area contributed by atoms with E-state index in [1.807, 2.05) is 37.1 Å². The number of nitrogens with one attached hydrogen (secondary N) is 1. The first-order chi connectivity index (χ1) is 8.59. The summed E-state index contributed by atoms with van der Waals surface area (Å²) in [5.74, 6) is 0. The number of aryl methyl sites for hydroxylation is 3. The minimum atomic E-state index is 0.791. The van der Waals surface area contributed by atoms with Crippen LogP contribution in [0.5, 0.6) is 0 Å². The summed E-state index contributed by atoms with van der Waals surface area (Å²) in [7, 11) is 1.96. The average molecular weight is 309 g/mol. The second-order valence-corrected chi connectivity index (χ2v) is 5.17. The third-order valence-corrected chi connectivity index (χ3v) is 4.04. The number of halogens is 1. The SMILES string of the molecule is Cc1cnccc1CNCc1c(Br)c(C)nn1C. The monoisotopic (exact) mass is 308 g/mol. The van der Waals surface area contributed by atoms with E-state index in [4.69, 9.17) is 0 Å². The van der Waals surface area contributed by atoms with Crippen molar-refractivity contribution in [3.63, 3.8) is 0 Å². The van der Waals surface area contributed by atoms with Crippen molar-refractivity contribution in [2.24, 2.45) is 7.05 Å². The predicted molar refractivity (Wildman–Crippen MR) is 75.2 cm³/mol. The lowest BCUT2D eigenvalue weighted by molar-refractivity contribution is 0.621. The molecule has 0 aliphatic heterocycles. The van der Waals surface area contributed by atoms with Gasteiger partial charge in [-0.3, -0.25) is 9.67 Å².